The summed E-state index contributed by atoms with van der Waals surface area (Å²) in [5.74, 6) is 0. The molecular weight excluding hydrogens is 753 g/mol. The first-order valence-corrected chi connectivity index (χ1v) is 21.2. The summed E-state index contributed by atoms with van der Waals surface area (Å²) >= 11 is 0. The number of hydrogen-bond acceptors (Lipinski definition) is 2. The predicted octanol–water partition coefficient (Wildman–Crippen LogP) is 15.1. The minimum Gasteiger partial charge on any atom is -0.309 e. The Morgan fingerprint density at radius 2 is 0.742 bits per heavy atom. The minimum atomic E-state index is 0.952. The lowest BCUT2D eigenvalue weighted by atomic mass is 9.95. The second kappa shape index (κ2) is 13.6. The Bertz CT molecular complexity index is 3670. The molecule has 4 aromatic heterocycles. The van der Waals surface area contributed by atoms with E-state index in [0.29, 0.717) is 0 Å². The van der Waals surface area contributed by atoms with Gasteiger partial charge in [-0.05, 0) is 83.2 Å². The van der Waals surface area contributed by atoms with E-state index in [1.807, 2.05) is 6.07 Å². The largest absolute Gasteiger partial charge is 0.309 e. The summed E-state index contributed by atoms with van der Waals surface area (Å²) in [5, 5.41) is 9.48. The molecule has 4 heteroatoms. The average molecular weight is 789 g/mol. The van der Waals surface area contributed by atoms with E-state index in [-0.39, 0.29) is 0 Å². The summed E-state index contributed by atoms with van der Waals surface area (Å²) in [6, 6.07) is 78.6. The van der Waals surface area contributed by atoms with Crippen molar-refractivity contribution in [2.75, 3.05) is 0 Å². The lowest BCUT2D eigenvalue weighted by Gasteiger charge is -2.16. The van der Waals surface area contributed by atoms with Crippen LogP contribution in [0.3, 0.4) is 0 Å². The van der Waals surface area contributed by atoms with E-state index in [2.05, 4.69) is 221 Å². The van der Waals surface area contributed by atoms with Gasteiger partial charge in [0.1, 0.15) is 0 Å². The molecular formula is C58H36N4. The normalized spacial score (nSPS) is 11.9. The van der Waals surface area contributed by atoms with E-state index in [4.69, 9.17) is 9.97 Å². The van der Waals surface area contributed by atoms with Crippen molar-refractivity contribution in [3.05, 3.63) is 218 Å². The first kappa shape index (κ1) is 34.5. The van der Waals surface area contributed by atoms with Crippen LogP contribution < -0.4 is 0 Å². The third-order valence-corrected chi connectivity index (χ3v) is 12.7. The topological polar surface area (TPSA) is 35.6 Å². The van der Waals surface area contributed by atoms with Crippen molar-refractivity contribution in [3.63, 3.8) is 0 Å². The fourth-order valence-corrected chi connectivity index (χ4v) is 9.88. The van der Waals surface area contributed by atoms with Crippen LogP contribution in [0.5, 0.6) is 0 Å². The van der Waals surface area contributed by atoms with Gasteiger partial charge in [0.15, 0.2) is 0 Å². The van der Waals surface area contributed by atoms with Crippen LogP contribution in [-0.4, -0.2) is 19.1 Å². The smallest absolute Gasteiger partial charge is 0.0794 e. The van der Waals surface area contributed by atoms with E-state index in [1.54, 1.807) is 0 Å². The number of fused-ring (bicyclic) bond motifs is 11. The molecule has 0 aliphatic carbocycles. The van der Waals surface area contributed by atoms with Crippen molar-refractivity contribution in [1.29, 1.82) is 0 Å². The lowest BCUT2D eigenvalue weighted by molar-refractivity contribution is 1.13. The molecule has 0 aliphatic rings. The number of rotatable bonds is 5. The van der Waals surface area contributed by atoms with Gasteiger partial charge in [-0.2, -0.15) is 0 Å². The lowest BCUT2D eigenvalue weighted by Crippen LogP contribution is -2.00. The second-order valence-electron chi connectivity index (χ2n) is 16.1. The summed E-state index contributed by atoms with van der Waals surface area (Å²) in [6.07, 6.45) is 0. The highest BCUT2D eigenvalue weighted by molar-refractivity contribution is 6.21. The van der Waals surface area contributed by atoms with Gasteiger partial charge in [0.05, 0.1) is 44.5 Å². The van der Waals surface area contributed by atoms with E-state index in [0.717, 1.165) is 72.2 Å². The molecule has 13 rings (SSSR count). The van der Waals surface area contributed by atoms with Crippen molar-refractivity contribution < 1.29 is 0 Å². The van der Waals surface area contributed by atoms with E-state index >= 15 is 0 Å². The SMILES string of the molecule is c1ccc(-c2ccc3c(ccc4c5ccccc5nc(-c5ccc(-c6cc(-n7c8ccccc8c8ccccc87)cc(-n7c8ccccc8c8ccccc87)c6)cc5)c34)n2)cc1. The van der Waals surface area contributed by atoms with Crippen LogP contribution in [0.1, 0.15) is 0 Å². The van der Waals surface area contributed by atoms with E-state index in [1.165, 1.54) is 49.0 Å². The maximum absolute atomic E-state index is 5.38. The van der Waals surface area contributed by atoms with Crippen molar-refractivity contribution in [2.45, 2.75) is 0 Å². The highest BCUT2D eigenvalue weighted by Gasteiger charge is 2.19. The molecule has 9 aromatic carbocycles. The zero-order valence-corrected chi connectivity index (χ0v) is 33.6. The van der Waals surface area contributed by atoms with Crippen LogP contribution >= 0.6 is 0 Å². The fourth-order valence-electron chi connectivity index (χ4n) is 9.88. The summed E-state index contributed by atoms with van der Waals surface area (Å²) in [6.45, 7) is 0. The molecule has 288 valence electrons. The molecule has 0 saturated carbocycles. The summed E-state index contributed by atoms with van der Waals surface area (Å²) in [7, 11) is 0. The average Bonchev–Trinajstić information content (AvgIpc) is 3.87. The summed E-state index contributed by atoms with van der Waals surface area (Å²) in [4.78, 5) is 10.6. The Balaban J connectivity index is 1.03. The molecule has 62 heavy (non-hydrogen) atoms. The Hall–Kier alpha value is -8.34. The van der Waals surface area contributed by atoms with Crippen LogP contribution in [0.2, 0.25) is 0 Å². The first-order valence-electron chi connectivity index (χ1n) is 21.2. The van der Waals surface area contributed by atoms with Crippen LogP contribution in [0.4, 0.5) is 0 Å². The van der Waals surface area contributed by atoms with Crippen LogP contribution in [0.25, 0.3) is 121 Å². The van der Waals surface area contributed by atoms with Crippen LogP contribution in [-0.2, 0) is 0 Å². The van der Waals surface area contributed by atoms with Gasteiger partial charge in [0.25, 0.3) is 0 Å². The molecule has 0 aliphatic heterocycles. The quantitative estimate of drug-likeness (QED) is 0.163. The molecule has 0 unspecified atom stereocenters. The van der Waals surface area contributed by atoms with Crippen molar-refractivity contribution in [1.82, 2.24) is 19.1 Å². The van der Waals surface area contributed by atoms with Gasteiger partial charge in [-0.1, -0.05) is 152 Å². The van der Waals surface area contributed by atoms with Crippen molar-refractivity contribution in [3.8, 4) is 45.0 Å². The van der Waals surface area contributed by atoms with E-state index < -0.39 is 0 Å². The third-order valence-electron chi connectivity index (χ3n) is 12.7. The van der Waals surface area contributed by atoms with Gasteiger partial charge in [-0.15, -0.1) is 0 Å². The Kier molecular flexibility index (Phi) is 7.57. The zero-order chi connectivity index (χ0) is 40.7. The Labute approximate surface area is 357 Å². The third kappa shape index (κ3) is 5.27. The van der Waals surface area contributed by atoms with Gasteiger partial charge in [0.2, 0.25) is 0 Å². The monoisotopic (exact) mass is 788 g/mol. The second-order valence-corrected chi connectivity index (χ2v) is 16.1. The molecule has 0 N–H and O–H groups in total. The van der Waals surface area contributed by atoms with Gasteiger partial charge < -0.3 is 9.13 Å². The molecule has 0 bridgehead atoms. The van der Waals surface area contributed by atoms with Gasteiger partial charge in [-0.25, -0.2) is 9.97 Å². The molecule has 0 saturated heterocycles. The maximum atomic E-state index is 5.38. The number of hydrogen-bond donors (Lipinski definition) is 0. The predicted molar refractivity (Wildman–Crippen MR) is 260 cm³/mol. The molecule has 0 fully saturated rings. The molecule has 4 nitrogen and oxygen atoms in total. The van der Waals surface area contributed by atoms with Gasteiger partial charge in [0, 0.05) is 60.2 Å². The number of benzene rings is 9. The van der Waals surface area contributed by atoms with Crippen molar-refractivity contribution >= 4 is 76.2 Å². The molecule has 0 atom stereocenters. The highest BCUT2D eigenvalue weighted by atomic mass is 15.0. The highest BCUT2D eigenvalue weighted by Crippen LogP contribution is 2.41. The standard InChI is InChI=1S/C58H36N4/c1-2-14-38(15-3-1)50-32-31-49-52(59-50)33-30-48-43-16-4-9-21-51(43)60-58(57(48)49)39-28-26-37(27-29-39)40-34-41(61-53-22-10-5-17-44(53)45-18-6-11-23-54(45)61)36-42(35-40)62-55-24-12-7-19-46(55)47-20-8-13-25-56(47)62/h1-36H. The van der Waals surface area contributed by atoms with Crippen LogP contribution in [0.15, 0.2) is 218 Å². The molecule has 0 spiro atoms. The van der Waals surface area contributed by atoms with Crippen LogP contribution in [0, 0.1) is 0 Å². The Morgan fingerprint density at radius 1 is 0.274 bits per heavy atom. The van der Waals surface area contributed by atoms with Crippen molar-refractivity contribution in [2.24, 2.45) is 0 Å². The number of pyridine rings is 2. The molecule has 4 heterocycles. The molecule has 0 amide bonds. The molecule has 13 aromatic rings. The fraction of sp³-hybridized carbons (Fsp3) is 0. The number of aromatic nitrogens is 4. The summed E-state index contributed by atoms with van der Waals surface area (Å²) < 4.78 is 4.85. The Morgan fingerprint density at radius 3 is 1.32 bits per heavy atom. The number of nitrogens with zero attached hydrogens (tertiary/aromatic N) is 4. The van der Waals surface area contributed by atoms with Gasteiger partial charge >= 0.3 is 0 Å². The summed E-state index contributed by atoms with van der Waals surface area (Å²) in [5.41, 5.74) is 15.2. The number of para-hydroxylation sites is 5. The maximum Gasteiger partial charge on any atom is 0.0794 e. The van der Waals surface area contributed by atoms with E-state index in [9.17, 15) is 0 Å². The molecule has 0 radical (unpaired) electrons. The first-order chi connectivity index (χ1) is 30.7. The van der Waals surface area contributed by atoms with Gasteiger partial charge in [-0.3, -0.25) is 0 Å². The zero-order valence-electron chi connectivity index (χ0n) is 33.6. The minimum absolute atomic E-state index is 0.952.